The van der Waals surface area contributed by atoms with Crippen molar-refractivity contribution in [2.24, 2.45) is 0 Å². The summed E-state index contributed by atoms with van der Waals surface area (Å²) in [6, 6.07) is 0. The van der Waals surface area contributed by atoms with Crippen LogP contribution < -0.4 is 5.48 Å². The summed E-state index contributed by atoms with van der Waals surface area (Å²) in [5.41, 5.74) is 2.14. The van der Waals surface area contributed by atoms with Crippen LogP contribution in [0.2, 0.25) is 0 Å². The summed E-state index contributed by atoms with van der Waals surface area (Å²) in [6.45, 7) is 0. The highest BCUT2D eigenvalue weighted by atomic mass is 32.2. The maximum Gasteiger partial charge on any atom is 0.305 e. The Morgan fingerprint density at radius 3 is 3.00 bits per heavy atom. The lowest BCUT2D eigenvalue weighted by Gasteiger charge is -1.79. The summed E-state index contributed by atoms with van der Waals surface area (Å²) >= 11 is 1.12. The van der Waals surface area contributed by atoms with Crippen LogP contribution in [0.5, 0.6) is 0 Å². The molecule has 34 valence electrons. The number of rotatable bonds is 0. The molecule has 0 aromatic heterocycles. The summed E-state index contributed by atoms with van der Waals surface area (Å²) in [6.07, 6.45) is 0. The van der Waals surface area contributed by atoms with E-state index in [0.717, 1.165) is 11.8 Å². The van der Waals surface area contributed by atoms with Gasteiger partial charge in [-0.05, 0) is 11.8 Å². The summed E-state index contributed by atoms with van der Waals surface area (Å²) in [4.78, 5) is 14.4. The van der Waals surface area contributed by atoms with Gasteiger partial charge in [0.2, 0.25) is 0 Å². The molecule has 1 aliphatic heterocycles. The molecule has 1 heterocycles. The van der Waals surface area contributed by atoms with Gasteiger partial charge >= 0.3 is 5.24 Å². The van der Waals surface area contributed by atoms with E-state index in [9.17, 15) is 4.79 Å². The Morgan fingerprint density at radius 2 is 2.83 bits per heavy atom. The van der Waals surface area contributed by atoms with Crippen molar-refractivity contribution in [3.05, 3.63) is 0 Å². The highest BCUT2D eigenvalue weighted by molar-refractivity contribution is 8.13. The summed E-state index contributed by atoms with van der Waals surface area (Å²) in [5.74, 6) is 0.443. The summed E-state index contributed by atoms with van der Waals surface area (Å²) in [5, 5.41) is -0.102. The third kappa shape index (κ3) is 0.636. The van der Waals surface area contributed by atoms with Gasteiger partial charge in [-0.1, -0.05) is 0 Å². The topological polar surface area (TPSA) is 38.3 Å². The monoisotopic (exact) mass is 105 g/mol. The van der Waals surface area contributed by atoms with E-state index < -0.39 is 0 Å². The van der Waals surface area contributed by atoms with Gasteiger partial charge < -0.3 is 0 Å². The Labute approximate surface area is 39.0 Å². The van der Waals surface area contributed by atoms with Crippen molar-refractivity contribution in [3.8, 4) is 0 Å². The zero-order valence-electron chi connectivity index (χ0n) is 2.93. The van der Waals surface area contributed by atoms with Crippen LogP contribution in [0.1, 0.15) is 0 Å². The summed E-state index contributed by atoms with van der Waals surface area (Å²) < 4.78 is 0. The lowest BCUT2D eigenvalue weighted by atomic mass is 11.4. The van der Waals surface area contributed by atoms with E-state index in [1.165, 1.54) is 0 Å². The SMILES string of the molecule is O=C1NOCS1. The first kappa shape index (κ1) is 3.95. The average molecular weight is 105 g/mol. The Morgan fingerprint density at radius 1 is 2.00 bits per heavy atom. The summed E-state index contributed by atoms with van der Waals surface area (Å²) in [7, 11) is 0. The third-order valence-electron chi connectivity index (χ3n) is 0.404. The fourth-order valence-corrected chi connectivity index (χ4v) is 0.544. The van der Waals surface area contributed by atoms with Crippen LogP contribution in [-0.2, 0) is 4.84 Å². The van der Waals surface area contributed by atoms with E-state index >= 15 is 0 Å². The van der Waals surface area contributed by atoms with Crippen LogP contribution in [0.25, 0.3) is 0 Å². The molecule has 1 fully saturated rings. The molecule has 0 unspecified atom stereocenters. The first-order valence-corrected chi connectivity index (χ1v) is 2.43. The largest absolute Gasteiger partial charge is 0.305 e. The van der Waals surface area contributed by atoms with Crippen molar-refractivity contribution in [2.75, 3.05) is 5.94 Å². The van der Waals surface area contributed by atoms with Crippen LogP contribution in [0.3, 0.4) is 0 Å². The number of nitrogens with one attached hydrogen (secondary N) is 1. The second kappa shape index (κ2) is 1.49. The number of hydrogen-bond acceptors (Lipinski definition) is 3. The lowest BCUT2D eigenvalue weighted by Crippen LogP contribution is -2.07. The van der Waals surface area contributed by atoms with Crippen molar-refractivity contribution in [2.45, 2.75) is 0 Å². The van der Waals surface area contributed by atoms with Crippen molar-refractivity contribution < 1.29 is 9.63 Å². The second-order valence-electron chi connectivity index (χ2n) is 0.796. The van der Waals surface area contributed by atoms with Crippen molar-refractivity contribution >= 4 is 17.0 Å². The normalized spacial score (nSPS) is 21.0. The van der Waals surface area contributed by atoms with Crippen molar-refractivity contribution in [1.82, 2.24) is 5.48 Å². The first-order valence-electron chi connectivity index (χ1n) is 1.44. The molecule has 0 saturated carbocycles. The molecule has 3 nitrogen and oxygen atoms in total. The Bertz CT molecular complexity index is 65.9. The third-order valence-corrected chi connectivity index (χ3v) is 0.986. The minimum atomic E-state index is -0.102. The van der Waals surface area contributed by atoms with Gasteiger partial charge in [-0.15, -0.1) is 0 Å². The number of thioether (sulfide) groups is 1. The van der Waals surface area contributed by atoms with Crippen LogP contribution in [0.4, 0.5) is 4.79 Å². The Kier molecular flexibility index (Phi) is 0.979. The average Bonchev–Trinajstić information content (AvgIpc) is 1.86. The predicted octanol–water partition coefficient (Wildman–Crippen LogP) is 0.332. The molecular weight excluding hydrogens is 102 g/mol. The van der Waals surface area contributed by atoms with E-state index in [2.05, 4.69) is 10.3 Å². The van der Waals surface area contributed by atoms with Gasteiger partial charge in [0.1, 0.15) is 5.94 Å². The van der Waals surface area contributed by atoms with Crippen LogP contribution in [0, 0.1) is 0 Å². The highest BCUT2D eigenvalue weighted by Crippen LogP contribution is 2.05. The number of hydrogen-bond donors (Lipinski definition) is 1. The first-order chi connectivity index (χ1) is 2.89. The van der Waals surface area contributed by atoms with E-state index in [0.29, 0.717) is 5.94 Å². The van der Waals surface area contributed by atoms with E-state index in [4.69, 9.17) is 0 Å². The lowest BCUT2D eigenvalue weighted by molar-refractivity contribution is 0.120. The molecule has 1 saturated heterocycles. The van der Waals surface area contributed by atoms with Gasteiger partial charge in [0.15, 0.2) is 0 Å². The van der Waals surface area contributed by atoms with Gasteiger partial charge in [-0.3, -0.25) is 9.63 Å². The highest BCUT2D eigenvalue weighted by Gasteiger charge is 2.07. The molecular formula is C2H3NO2S. The Hall–Kier alpha value is -0.220. The fourth-order valence-electron chi connectivity index (χ4n) is 0.201. The molecule has 0 spiro atoms. The number of carbonyl (C=O) groups is 1. The van der Waals surface area contributed by atoms with Crippen molar-refractivity contribution in [3.63, 3.8) is 0 Å². The Balaban J connectivity index is 2.37. The molecule has 0 radical (unpaired) electrons. The molecule has 1 aliphatic rings. The van der Waals surface area contributed by atoms with Gasteiger partial charge in [-0.2, -0.15) is 0 Å². The molecule has 4 heteroatoms. The molecule has 1 rings (SSSR count). The fraction of sp³-hybridized carbons (Fsp3) is 0.500. The van der Waals surface area contributed by atoms with Crippen LogP contribution in [0.15, 0.2) is 0 Å². The van der Waals surface area contributed by atoms with Crippen LogP contribution >= 0.6 is 11.8 Å². The molecule has 0 atom stereocenters. The number of carbonyl (C=O) groups excluding carboxylic acids is 1. The van der Waals surface area contributed by atoms with Crippen molar-refractivity contribution in [1.29, 1.82) is 0 Å². The minimum absolute atomic E-state index is 0.102. The smallest absolute Gasteiger partial charge is 0.262 e. The molecule has 6 heavy (non-hydrogen) atoms. The number of hydroxylamine groups is 1. The zero-order valence-corrected chi connectivity index (χ0v) is 3.75. The van der Waals surface area contributed by atoms with Crippen LogP contribution in [-0.4, -0.2) is 11.2 Å². The standard InChI is InChI=1S/C2H3NO2S/c4-2-3-5-1-6-2/h1H2,(H,3,4). The van der Waals surface area contributed by atoms with E-state index in [1.54, 1.807) is 0 Å². The van der Waals surface area contributed by atoms with E-state index in [-0.39, 0.29) is 5.24 Å². The molecule has 0 bridgehead atoms. The maximum absolute atomic E-state index is 9.97. The quantitative estimate of drug-likeness (QED) is 0.482. The molecule has 0 aromatic rings. The minimum Gasteiger partial charge on any atom is -0.262 e. The molecule has 0 aliphatic carbocycles. The van der Waals surface area contributed by atoms with Gasteiger partial charge in [-0.25, -0.2) is 5.48 Å². The molecule has 1 N–H and O–H groups in total. The second-order valence-corrected chi connectivity index (χ2v) is 1.69. The van der Waals surface area contributed by atoms with Gasteiger partial charge in [0.05, 0.1) is 0 Å². The van der Waals surface area contributed by atoms with Gasteiger partial charge in [0.25, 0.3) is 0 Å². The maximum atomic E-state index is 9.97. The number of amides is 1. The predicted molar refractivity (Wildman–Crippen MR) is 22.1 cm³/mol. The molecule has 0 aromatic carbocycles. The van der Waals surface area contributed by atoms with E-state index in [1.807, 2.05) is 0 Å². The van der Waals surface area contributed by atoms with Gasteiger partial charge in [0, 0.05) is 0 Å². The molecule has 1 amide bonds. The zero-order chi connectivity index (χ0) is 4.41.